The largest absolute Gasteiger partial charge is 0.341 e. The molecule has 0 unspecified atom stereocenters. The maximum Gasteiger partial charge on any atom is 0.233 e. The van der Waals surface area contributed by atoms with E-state index in [1.165, 1.54) is 17.3 Å². The van der Waals surface area contributed by atoms with Crippen molar-refractivity contribution in [1.82, 2.24) is 24.6 Å². The minimum atomic E-state index is 0.156. The quantitative estimate of drug-likeness (QED) is 0.783. The van der Waals surface area contributed by atoms with Crippen LogP contribution in [0.1, 0.15) is 11.5 Å². The Balaban J connectivity index is 1.48. The number of rotatable bonds is 4. The summed E-state index contributed by atoms with van der Waals surface area (Å²) in [5, 5.41) is 8.51. The van der Waals surface area contributed by atoms with Crippen LogP contribution >= 0.6 is 11.8 Å². The van der Waals surface area contributed by atoms with Gasteiger partial charge in [0, 0.05) is 38.4 Å². The number of nitrogens with zero attached hydrogens (tertiary/aromatic N) is 5. The van der Waals surface area contributed by atoms with E-state index in [2.05, 4.69) is 15.2 Å². The van der Waals surface area contributed by atoms with Crippen LogP contribution in [0.2, 0.25) is 0 Å². The maximum atomic E-state index is 12.0. The molecule has 2 aromatic rings. The first-order valence-corrected chi connectivity index (χ1v) is 7.37. The molecule has 0 atom stereocenters. The van der Waals surface area contributed by atoms with Crippen molar-refractivity contribution in [2.24, 2.45) is 7.05 Å². The van der Waals surface area contributed by atoms with Crippen molar-refractivity contribution in [1.29, 1.82) is 0 Å². The first kappa shape index (κ1) is 13.1. The molecule has 20 heavy (non-hydrogen) atoms. The van der Waals surface area contributed by atoms with Crippen LogP contribution in [0.5, 0.6) is 0 Å². The van der Waals surface area contributed by atoms with Gasteiger partial charge >= 0.3 is 0 Å². The second-order valence-corrected chi connectivity index (χ2v) is 5.73. The third kappa shape index (κ3) is 2.67. The number of hydrogen-bond acceptors (Lipinski definition) is 5. The molecule has 104 valence electrons. The van der Waals surface area contributed by atoms with Gasteiger partial charge in [0.2, 0.25) is 5.91 Å². The molecule has 0 saturated carbocycles. The van der Waals surface area contributed by atoms with Crippen LogP contribution in [0.25, 0.3) is 0 Å². The number of aryl methyl sites for hydroxylation is 1. The van der Waals surface area contributed by atoms with Gasteiger partial charge in [-0.15, -0.1) is 10.2 Å². The zero-order valence-corrected chi connectivity index (χ0v) is 12.0. The van der Waals surface area contributed by atoms with Crippen molar-refractivity contribution in [2.45, 2.75) is 11.1 Å². The highest BCUT2D eigenvalue weighted by molar-refractivity contribution is 7.99. The number of likely N-dealkylation sites (tertiary alicyclic amines) is 1. The standard InChI is InChI=1S/C13H15N5OS/c1-17-9-15-16-13(17)20-8-12(19)18-6-11(7-18)10-2-4-14-5-3-10/h2-5,9,11H,6-8H2,1H3. The summed E-state index contributed by atoms with van der Waals surface area (Å²) in [6.07, 6.45) is 5.23. The Morgan fingerprint density at radius 2 is 2.15 bits per heavy atom. The van der Waals surface area contributed by atoms with Gasteiger partial charge in [0.25, 0.3) is 0 Å². The monoisotopic (exact) mass is 289 g/mol. The Morgan fingerprint density at radius 1 is 1.40 bits per heavy atom. The van der Waals surface area contributed by atoms with E-state index in [-0.39, 0.29) is 5.91 Å². The van der Waals surface area contributed by atoms with Gasteiger partial charge in [0.1, 0.15) is 6.33 Å². The lowest BCUT2D eigenvalue weighted by Crippen LogP contribution is -2.49. The molecule has 3 rings (SSSR count). The second-order valence-electron chi connectivity index (χ2n) is 4.79. The molecule has 0 aliphatic carbocycles. The van der Waals surface area contributed by atoms with Gasteiger partial charge in [-0.3, -0.25) is 9.78 Å². The minimum Gasteiger partial charge on any atom is -0.341 e. The fraction of sp³-hybridized carbons (Fsp3) is 0.385. The normalized spacial score (nSPS) is 15.2. The Kier molecular flexibility index (Phi) is 3.68. The topological polar surface area (TPSA) is 63.9 Å². The molecule has 0 aromatic carbocycles. The van der Waals surface area contributed by atoms with Crippen LogP contribution in [-0.2, 0) is 11.8 Å². The van der Waals surface area contributed by atoms with Crippen LogP contribution in [0.3, 0.4) is 0 Å². The number of carbonyl (C=O) groups excluding carboxylic acids is 1. The van der Waals surface area contributed by atoms with Crippen molar-refractivity contribution < 1.29 is 4.79 Å². The predicted molar refractivity (Wildman–Crippen MR) is 75.3 cm³/mol. The number of carbonyl (C=O) groups is 1. The van der Waals surface area contributed by atoms with Gasteiger partial charge in [-0.1, -0.05) is 11.8 Å². The van der Waals surface area contributed by atoms with Crippen molar-refractivity contribution in [2.75, 3.05) is 18.8 Å². The SMILES string of the molecule is Cn1cnnc1SCC(=O)N1CC(c2ccncc2)C1. The molecule has 2 aromatic heterocycles. The van der Waals surface area contributed by atoms with Crippen LogP contribution in [-0.4, -0.2) is 49.4 Å². The number of thioether (sulfide) groups is 1. The van der Waals surface area contributed by atoms with Gasteiger partial charge in [0.15, 0.2) is 5.16 Å². The van der Waals surface area contributed by atoms with Gasteiger partial charge in [-0.2, -0.15) is 0 Å². The third-order valence-corrected chi connectivity index (χ3v) is 4.43. The van der Waals surface area contributed by atoms with E-state index in [1.807, 2.05) is 28.6 Å². The average molecular weight is 289 g/mol. The smallest absolute Gasteiger partial charge is 0.233 e. The fourth-order valence-corrected chi connectivity index (χ4v) is 2.94. The molecule has 1 aliphatic heterocycles. The summed E-state index contributed by atoms with van der Waals surface area (Å²) < 4.78 is 1.81. The highest BCUT2D eigenvalue weighted by Crippen LogP contribution is 2.27. The third-order valence-electron chi connectivity index (χ3n) is 3.41. The summed E-state index contributed by atoms with van der Waals surface area (Å²) >= 11 is 1.42. The molecule has 1 saturated heterocycles. The first-order valence-electron chi connectivity index (χ1n) is 6.38. The Bertz CT molecular complexity index is 594. The Labute approximate surface area is 121 Å². The van der Waals surface area contributed by atoms with Gasteiger partial charge < -0.3 is 9.47 Å². The molecule has 0 radical (unpaired) electrons. The zero-order chi connectivity index (χ0) is 13.9. The highest BCUT2D eigenvalue weighted by Gasteiger charge is 2.31. The molecule has 3 heterocycles. The molecule has 0 bridgehead atoms. The molecule has 1 amide bonds. The summed E-state index contributed by atoms with van der Waals surface area (Å²) in [4.78, 5) is 17.9. The lowest BCUT2D eigenvalue weighted by Gasteiger charge is -2.39. The van der Waals surface area contributed by atoms with E-state index >= 15 is 0 Å². The molecule has 7 heteroatoms. The van der Waals surface area contributed by atoms with Crippen LogP contribution < -0.4 is 0 Å². The van der Waals surface area contributed by atoms with Gasteiger partial charge in [0.05, 0.1) is 5.75 Å². The number of hydrogen-bond donors (Lipinski definition) is 0. The average Bonchev–Trinajstić information content (AvgIpc) is 2.81. The van der Waals surface area contributed by atoms with Crippen molar-refractivity contribution in [3.8, 4) is 0 Å². The van der Waals surface area contributed by atoms with E-state index in [0.717, 1.165) is 18.2 Å². The molecular formula is C13H15N5OS. The summed E-state index contributed by atoms with van der Waals surface area (Å²) in [5.41, 5.74) is 1.25. The Hall–Kier alpha value is -1.89. The summed E-state index contributed by atoms with van der Waals surface area (Å²) in [6.45, 7) is 1.59. The predicted octanol–water partition coefficient (Wildman–Crippen LogP) is 0.928. The molecule has 0 N–H and O–H groups in total. The molecule has 0 spiro atoms. The van der Waals surface area contributed by atoms with E-state index in [4.69, 9.17) is 0 Å². The Morgan fingerprint density at radius 3 is 2.80 bits per heavy atom. The van der Waals surface area contributed by atoms with E-state index < -0.39 is 0 Å². The van der Waals surface area contributed by atoms with E-state index in [9.17, 15) is 4.79 Å². The molecule has 1 fully saturated rings. The number of amides is 1. The summed E-state index contributed by atoms with van der Waals surface area (Å²) in [6, 6.07) is 4.03. The van der Waals surface area contributed by atoms with Gasteiger partial charge in [-0.05, 0) is 17.7 Å². The van der Waals surface area contributed by atoms with Crippen LogP contribution in [0.15, 0.2) is 36.0 Å². The number of aromatic nitrogens is 4. The highest BCUT2D eigenvalue weighted by atomic mass is 32.2. The first-order chi connectivity index (χ1) is 9.74. The minimum absolute atomic E-state index is 0.156. The molecule has 6 nitrogen and oxygen atoms in total. The number of pyridine rings is 1. The fourth-order valence-electron chi connectivity index (χ4n) is 2.15. The molecular weight excluding hydrogens is 274 g/mol. The second kappa shape index (κ2) is 5.62. The van der Waals surface area contributed by atoms with Crippen molar-refractivity contribution in [3.63, 3.8) is 0 Å². The van der Waals surface area contributed by atoms with Crippen molar-refractivity contribution in [3.05, 3.63) is 36.4 Å². The lowest BCUT2D eigenvalue weighted by atomic mass is 9.92. The molecule has 1 aliphatic rings. The van der Waals surface area contributed by atoms with Crippen LogP contribution in [0, 0.1) is 0 Å². The summed E-state index contributed by atoms with van der Waals surface area (Å²) in [7, 11) is 1.87. The van der Waals surface area contributed by atoms with E-state index in [1.54, 1.807) is 18.7 Å². The maximum absolute atomic E-state index is 12.0. The zero-order valence-electron chi connectivity index (χ0n) is 11.1. The van der Waals surface area contributed by atoms with E-state index in [0.29, 0.717) is 11.7 Å². The van der Waals surface area contributed by atoms with Crippen LogP contribution in [0.4, 0.5) is 0 Å². The van der Waals surface area contributed by atoms with Gasteiger partial charge in [-0.25, -0.2) is 0 Å². The summed E-state index contributed by atoms with van der Waals surface area (Å²) in [5.74, 6) is 1.01. The lowest BCUT2D eigenvalue weighted by molar-refractivity contribution is -0.132. The van der Waals surface area contributed by atoms with Crippen molar-refractivity contribution >= 4 is 17.7 Å².